The molecule has 2 rings (SSSR count). The van der Waals surface area contributed by atoms with E-state index in [2.05, 4.69) is 15.7 Å². The van der Waals surface area contributed by atoms with Gasteiger partial charge in [-0.3, -0.25) is 14.3 Å². The third-order valence-corrected chi connectivity index (χ3v) is 3.97. The second-order valence-corrected chi connectivity index (χ2v) is 6.07. The summed E-state index contributed by atoms with van der Waals surface area (Å²) >= 11 is 11.2. The van der Waals surface area contributed by atoms with Gasteiger partial charge in [-0.15, -0.1) is 11.6 Å². The third-order valence-electron chi connectivity index (χ3n) is 3.53. The standard InChI is InChI=1S/C16H17Cl2FN4O2/c1-10(23-9-13(18)8-22-23)16(25)21-7-12-3-2-11(4-14(12)19)6-20-15(24)5-17/h2-4,8-10H,5-7H2,1H3,(H,20,24)(H,21,25). The topological polar surface area (TPSA) is 76.0 Å². The van der Waals surface area contributed by atoms with Crippen molar-refractivity contribution in [1.82, 2.24) is 20.4 Å². The summed E-state index contributed by atoms with van der Waals surface area (Å²) in [6, 6.07) is 3.98. The molecule has 6 nitrogen and oxygen atoms in total. The van der Waals surface area contributed by atoms with Crippen LogP contribution in [-0.4, -0.2) is 27.5 Å². The molecule has 0 bridgehead atoms. The molecule has 134 valence electrons. The lowest BCUT2D eigenvalue weighted by atomic mass is 10.1. The Morgan fingerprint density at radius 1 is 1.32 bits per heavy atom. The van der Waals surface area contributed by atoms with Gasteiger partial charge < -0.3 is 10.6 Å². The zero-order chi connectivity index (χ0) is 18.4. The number of carbonyl (C=O) groups excluding carboxylic acids is 2. The molecule has 2 N–H and O–H groups in total. The lowest BCUT2D eigenvalue weighted by Crippen LogP contribution is -2.31. The maximum Gasteiger partial charge on any atom is 0.244 e. The fourth-order valence-corrected chi connectivity index (χ4v) is 2.31. The predicted octanol–water partition coefficient (Wildman–Crippen LogP) is 2.41. The Kier molecular flexibility index (Phi) is 6.78. The van der Waals surface area contributed by atoms with E-state index in [0.717, 1.165) is 0 Å². The Morgan fingerprint density at radius 2 is 2.08 bits per heavy atom. The molecule has 1 heterocycles. The number of hydrogen-bond acceptors (Lipinski definition) is 3. The van der Waals surface area contributed by atoms with E-state index in [1.807, 2.05) is 0 Å². The van der Waals surface area contributed by atoms with Gasteiger partial charge in [0.05, 0.1) is 11.2 Å². The molecule has 0 aliphatic rings. The minimum absolute atomic E-state index is 0.0400. The van der Waals surface area contributed by atoms with Crippen molar-refractivity contribution in [3.8, 4) is 0 Å². The van der Waals surface area contributed by atoms with Crippen molar-refractivity contribution in [1.29, 1.82) is 0 Å². The van der Waals surface area contributed by atoms with Crippen LogP contribution in [0.15, 0.2) is 30.6 Å². The number of alkyl halides is 1. The first kappa shape index (κ1) is 19.2. The Hall–Kier alpha value is -2.12. The number of nitrogens with one attached hydrogen (secondary N) is 2. The fourth-order valence-electron chi connectivity index (χ4n) is 2.07. The molecule has 0 spiro atoms. The summed E-state index contributed by atoms with van der Waals surface area (Å²) in [6.07, 6.45) is 2.98. The Morgan fingerprint density at radius 3 is 2.68 bits per heavy atom. The first-order chi connectivity index (χ1) is 11.9. The van der Waals surface area contributed by atoms with E-state index in [4.69, 9.17) is 23.2 Å². The highest BCUT2D eigenvalue weighted by Crippen LogP contribution is 2.13. The van der Waals surface area contributed by atoms with Crippen molar-refractivity contribution in [2.24, 2.45) is 0 Å². The molecule has 0 aliphatic carbocycles. The van der Waals surface area contributed by atoms with Crippen molar-refractivity contribution in [3.05, 3.63) is 52.6 Å². The first-order valence-corrected chi connectivity index (χ1v) is 8.39. The summed E-state index contributed by atoms with van der Waals surface area (Å²) in [4.78, 5) is 23.2. The lowest BCUT2D eigenvalue weighted by Gasteiger charge is -2.13. The molecule has 1 aromatic carbocycles. The molecule has 0 fully saturated rings. The van der Waals surface area contributed by atoms with Gasteiger partial charge in [0, 0.05) is 24.8 Å². The van der Waals surface area contributed by atoms with E-state index in [-0.39, 0.29) is 30.8 Å². The van der Waals surface area contributed by atoms with E-state index in [1.54, 1.807) is 19.1 Å². The summed E-state index contributed by atoms with van der Waals surface area (Å²) in [5, 5.41) is 9.61. The molecule has 1 aromatic heterocycles. The molecular weight excluding hydrogens is 370 g/mol. The zero-order valence-electron chi connectivity index (χ0n) is 13.4. The molecule has 1 atom stereocenters. The molecule has 25 heavy (non-hydrogen) atoms. The molecule has 2 amide bonds. The van der Waals surface area contributed by atoms with Gasteiger partial charge in [-0.2, -0.15) is 5.10 Å². The van der Waals surface area contributed by atoms with Crippen LogP contribution in [0.25, 0.3) is 0 Å². The summed E-state index contributed by atoms with van der Waals surface area (Å²) in [6.45, 7) is 1.89. The molecule has 0 radical (unpaired) electrons. The Bertz CT molecular complexity index is 766. The third kappa shape index (κ3) is 5.44. The maximum atomic E-state index is 14.1. The van der Waals surface area contributed by atoms with Crippen LogP contribution in [0.1, 0.15) is 24.1 Å². The molecule has 0 aliphatic heterocycles. The summed E-state index contributed by atoms with van der Waals surface area (Å²) in [5.74, 6) is -1.25. The normalized spacial score (nSPS) is 11.8. The second kappa shape index (κ2) is 8.82. The monoisotopic (exact) mass is 386 g/mol. The maximum absolute atomic E-state index is 14.1. The van der Waals surface area contributed by atoms with E-state index < -0.39 is 11.9 Å². The number of amides is 2. The summed E-state index contributed by atoms with van der Waals surface area (Å²) in [5.41, 5.74) is 0.942. The van der Waals surface area contributed by atoms with Crippen LogP contribution in [-0.2, 0) is 22.7 Å². The predicted molar refractivity (Wildman–Crippen MR) is 92.8 cm³/mol. The number of nitrogens with zero attached hydrogens (tertiary/aromatic N) is 2. The van der Waals surface area contributed by atoms with E-state index in [0.29, 0.717) is 16.1 Å². The van der Waals surface area contributed by atoms with Crippen molar-refractivity contribution in [2.45, 2.75) is 26.1 Å². The molecule has 9 heteroatoms. The van der Waals surface area contributed by atoms with Crippen LogP contribution in [0.3, 0.4) is 0 Å². The van der Waals surface area contributed by atoms with Gasteiger partial charge in [-0.25, -0.2) is 4.39 Å². The van der Waals surface area contributed by atoms with Crippen molar-refractivity contribution in [3.63, 3.8) is 0 Å². The zero-order valence-corrected chi connectivity index (χ0v) is 14.9. The molecular formula is C16H17Cl2FN4O2. The Balaban J connectivity index is 1.91. The van der Waals surface area contributed by atoms with E-state index >= 15 is 0 Å². The van der Waals surface area contributed by atoms with Crippen LogP contribution in [0.2, 0.25) is 5.02 Å². The average Bonchev–Trinajstić information content (AvgIpc) is 3.04. The van der Waals surface area contributed by atoms with Crippen molar-refractivity contribution < 1.29 is 14.0 Å². The van der Waals surface area contributed by atoms with Gasteiger partial charge in [0.1, 0.15) is 17.7 Å². The molecule has 0 saturated heterocycles. The molecule has 1 unspecified atom stereocenters. The van der Waals surface area contributed by atoms with Crippen LogP contribution in [0, 0.1) is 5.82 Å². The highest BCUT2D eigenvalue weighted by molar-refractivity contribution is 6.30. The van der Waals surface area contributed by atoms with Gasteiger partial charge in [0.15, 0.2) is 0 Å². The minimum Gasteiger partial charge on any atom is -0.351 e. The fraction of sp³-hybridized carbons (Fsp3) is 0.312. The van der Waals surface area contributed by atoms with E-state index in [9.17, 15) is 14.0 Å². The smallest absolute Gasteiger partial charge is 0.244 e. The lowest BCUT2D eigenvalue weighted by molar-refractivity contribution is -0.124. The van der Waals surface area contributed by atoms with Gasteiger partial charge >= 0.3 is 0 Å². The van der Waals surface area contributed by atoms with Crippen LogP contribution < -0.4 is 10.6 Å². The van der Waals surface area contributed by atoms with Gasteiger partial charge in [-0.1, -0.05) is 23.7 Å². The SMILES string of the molecule is CC(C(=O)NCc1ccc(CNC(=O)CCl)cc1F)n1cc(Cl)cn1. The Labute approximate surface area is 154 Å². The molecule has 2 aromatic rings. The van der Waals surface area contributed by atoms with Crippen LogP contribution in [0.5, 0.6) is 0 Å². The number of carbonyl (C=O) groups is 2. The molecule has 0 saturated carbocycles. The van der Waals surface area contributed by atoms with Crippen LogP contribution in [0.4, 0.5) is 4.39 Å². The van der Waals surface area contributed by atoms with Crippen molar-refractivity contribution >= 4 is 35.0 Å². The quantitative estimate of drug-likeness (QED) is 0.717. The average molecular weight is 387 g/mol. The highest BCUT2D eigenvalue weighted by atomic mass is 35.5. The van der Waals surface area contributed by atoms with Gasteiger partial charge in [0.2, 0.25) is 11.8 Å². The minimum atomic E-state index is -0.569. The largest absolute Gasteiger partial charge is 0.351 e. The van der Waals surface area contributed by atoms with Gasteiger partial charge in [0.25, 0.3) is 0 Å². The number of aromatic nitrogens is 2. The van der Waals surface area contributed by atoms with Crippen molar-refractivity contribution in [2.75, 3.05) is 5.88 Å². The number of hydrogen-bond donors (Lipinski definition) is 2. The summed E-state index contributed by atoms with van der Waals surface area (Å²) < 4.78 is 15.5. The number of benzene rings is 1. The highest BCUT2D eigenvalue weighted by Gasteiger charge is 2.16. The number of rotatable bonds is 7. The summed E-state index contributed by atoms with van der Waals surface area (Å²) in [7, 11) is 0. The number of halogens is 3. The second-order valence-electron chi connectivity index (χ2n) is 5.37. The van der Waals surface area contributed by atoms with E-state index in [1.165, 1.54) is 23.1 Å². The van der Waals surface area contributed by atoms with Gasteiger partial charge in [-0.05, 0) is 18.6 Å². The first-order valence-electron chi connectivity index (χ1n) is 7.48. The van der Waals surface area contributed by atoms with Crippen LogP contribution >= 0.6 is 23.2 Å².